The van der Waals surface area contributed by atoms with E-state index in [0.717, 1.165) is 28.7 Å². The Hall–Kier alpha value is -1.35. The van der Waals surface area contributed by atoms with Crippen LogP contribution in [0.5, 0.6) is 0 Å². The van der Waals surface area contributed by atoms with E-state index in [-0.39, 0.29) is 17.7 Å². The maximum atomic E-state index is 11.9. The summed E-state index contributed by atoms with van der Waals surface area (Å²) in [5.41, 5.74) is 0. The first-order valence-corrected chi connectivity index (χ1v) is 10.2. The third-order valence-electron chi connectivity index (χ3n) is 4.32. The predicted molar refractivity (Wildman–Crippen MR) is 95.4 cm³/mol. The Balaban J connectivity index is 1.36. The minimum atomic E-state index is -0.396. The maximum absolute atomic E-state index is 11.9. The van der Waals surface area contributed by atoms with Crippen molar-refractivity contribution in [3.8, 4) is 0 Å². The second-order valence-electron chi connectivity index (χ2n) is 6.47. The molecule has 132 valence electrons. The number of hydrogen-bond donors (Lipinski definition) is 3. The number of nitrogens with one attached hydrogen (secondary N) is 3. The number of carbonyl (C=O) groups excluding carboxylic acids is 2. The first kappa shape index (κ1) is 17.5. The molecular weight excluding hydrogens is 346 g/mol. The van der Waals surface area contributed by atoms with Gasteiger partial charge in [-0.25, -0.2) is 4.79 Å². The number of nitrogens with zero attached hydrogens (tertiary/aromatic N) is 2. The molecule has 1 heterocycles. The third-order valence-corrected chi connectivity index (χ3v) is 6.31. The smallest absolute Gasteiger partial charge is 0.321 e. The summed E-state index contributed by atoms with van der Waals surface area (Å²) in [6.45, 7) is 2.14. The summed E-state index contributed by atoms with van der Waals surface area (Å²) in [7, 11) is 0. The van der Waals surface area contributed by atoms with Crippen molar-refractivity contribution in [2.24, 2.45) is 5.92 Å². The fraction of sp³-hybridized carbons (Fsp3) is 0.733. The molecule has 24 heavy (non-hydrogen) atoms. The van der Waals surface area contributed by atoms with E-state index in [1.54, 1.807) is 0 Å². The summed E-state index contributed by atoms with van der Waals surface area (Å²) < 4.78 is 0.731. The molecular formula is C15H23N5O2S2. The van der Waals surface area contributed by atoms with Crippen molar-refractivity contribution in [1.29, 1.82) is 0 Å². The summed E-state index contributed by atoms with van der Waals surface area (Å²) in [4.78, 5) is 23.8. The highest BCUT2D eigenvalue weighted by atomic mass is 32.2. The number of imide groups is 1. The van der Waals surface area contributed by atoms with Crippen molar-refractivity contribution in [3.05, 3.63) is 0 Å². The molecule has 0 radical (unpaired) electrons. The van der Waals surface area contributed by atoms with Gasteiger partial charge in [-0.1, -0.05) is 42.9 Å². The average molecular weight is 370 g/mol. The lowest BCUT2D eigenvalue weighted by Gasteiger charge is -2.29. The molecule has 2 atom stereocenters. The Morgan fingerprint density at radius 3 is 2.75 bits per heavy atom. The Kier molecular flexibility index (Phi) is 5.94. The lowest BCUT2D eigenvalue weighted by atomic mass is 9.86. The van der Waals surface area contributed by atoms with E-state index in [2.05, 4.69) is 33.1 Å². The van der Waals surface area contributed by atoms with E-state index >= 15 is 0 Å². The fourth-order valence-electron chi connectivity index (χ4n) is 2.75. The highest BCUT2D eigenvalue weighted by Crippen LogP contribution is 2.30. The summed E-state index contributed by atoms with van der Waals surface area (Å²) in [6, 6.07) is 0.302. The summed E-state index contributed by atoms with van der Waals surface area (Å²) in [5, 5.41) is 17.5. The molecule has 2 unspecified atom stereocenters. The van der Waals surface area contributed by atoms with Crippen molar-refractivity contribution in [2.45, 2.75) is 61.9 Å². The van der Waals surface area contributed by atoms with Gasteiger partial charge in [0.2, 0.25) is 11.0 Å². The Bertz CT molecular complexity index is 590. The molecule has 3 N–H and O–H groups in total. The quantitative estimate of drug-likeness (QED) is 0.667. The van der Waals surface area contributed by atoms with E-state index in [9.17, 15) is 9.59 Å². The van der Waals surface area contributed by atoms with E-state index in [1.165, 1.54) is 42.4 Å². The first-order chi connectivity index (χ1) is 11.6. The second kappa shape index (κ2) is 8.15. The number of hydrogen-bond acceptors (Lipinski definition) is 7. The zero-order valence-corrected chi connectivity index (χ0v) is 15.3. The first-order valence-electron chi connectivity index (χ1n) is 8.43. The van der Waals surface area contributed by atoms with Gasteiger partial charge in [0.25, 0.3) is 0 Å². The highest BCUT2D eigenvalue weighted by molar-refractivity contribution is 8.01. The second-order valence-corrected chi connectivity index (χ2v) is 8.67. The van der Waals surface area contributed by atoms with Crippen LogP contribution in [0.4, 0.5) is 9.93 Å². The summed E-state index contributed by atoms with van der Waals surface area (Å²) in [5.74, 6) is 0.312. The van der Waals surface area contributed by atoms with E-state index in [0.29, 0.717) is 12.0 Å². The van der Waals surface area contributed by atoms with Crippen LogP contribution in [0.3, 0.4) is 0 Å². The van der Waals surface area contributed by atoms with Crippen molar-refractivity contribution >= 4 is 40.2 Å². The van der Waals surface area contributed by atoms with Crippen LogP contribution >= 0.6 is 23.1 Å². The Morgan fingerprint density at radius 2 is 2.00 bits per heavy atom. The van der Waals surface area contributed by atoms with Gasteiger partial charge in [-0.05, 0) is 31.6 Å². The van der Waals surface area contributed by atoms with E-state index in [4.69, 9.17) is 0 Å². The third kappa shape index (κ3) is 5.34. The molecule has 9 heteroatoms. The normalized spacial score (nSPS) is 23.5. The maximum Gasteiger partial charge on any atom is 0.321 e. The van der Waals surface area contributed by atoms with Crippen molar-refractivity contribution < 1.29 is 9.59 Å². The number of aromatic nitrogens is 2. The molecule has 2 aliphatic carbocycles. The van der Waals surface area contributed by atoms with E-state index in [1.807, 2.05) is 0 Å². The summed E-state index contributed by atoms with van der Waals surface area (Å²) >= 11 is 2.74. The molecule has 2 saturated carbocycles. The Morgan fingerprint density at radius 1 is 1.21 bits per heavy atom. The standard InChI is InChI=1S/C15H23N5O2S2/c1-9-4-2-3-5-11(9)17-13(22)18-12(21)8-23-15-20-19-14(24-15)16-10-6-7-10/h9-11H,2-8H2,1H3,(H,16,19)(H2,17,18,21,22). The molecule has 0 bridgehead atoms. The number of anilines is 1. The SMILES string of the molecule is CC1CCCCC1NC(=O)NC(=O)CSc1nnc(NC2CC2)s1. The summed E-state index contributed by atoms with van der Waals surface area (Å²) in [6.07, 6.45) is 6.82. The molecule has 1 aromatic rings. The molecule has 0 spiro atoms. The van der Waals surface area contributed by atoms with Gasteiger partial charge in [0.1, 0.15) is 0 Å². The molecule has 0 aromatic carbocycles. The van der Waals surface area contributed by atoms with Gasteiger partial charge in [-0.2, -0.15) is 0 Å². The zero-order chi connectivity index (χ0) is 16.9. The van der Waals surface area contributed by atoms with Crippen LogP contribution in [-0.4, -0.2) is 40.0 Å². The predicted octanol–water partition coefficient (Wildman–Crippen LogP) is 2.61. The number of amides is 3. The lowest BCUT2D eigenvalue weighted by Crippen LogP contribution is -2.48. The minimum Gasteiger partial charge on any atom is -0.357 e. The molecule has 3 rings (SSSR count). The van der Waals surface area contributed by atoms with Crippen LogP contribution in [0.1, 0.15) is 45.4 Å². The number of rotatable bonds is 6. The highest BCUT2D eigenvalue weighted by Gasteiger charge is 2.24. The van der Waals surface area contributed by atoms with Gasteiger partial charge < -0.3 is 10.6 Å². The zero-order valence-electron chi connectivity index (χ0n) is 13.7. The van der Waals surface area contributed by atoms with Gasteiger partial charge in [-0.15, -0.1) is 10.2 Å². The van der Waals surface area contributed by atoms with Crippen LogP contribution in [0.25, 0.3) is 0 Å². The number of urea groups is 1. The van der Waals surface area contributed by atoms with Gasteiger partial charge in [0, 0.05) is 12.1 Å². The largest absolute Gasteiger partial charge is 0.357 e. The minimum absolute atomic E-state index is 0.158. The number of carbonyl (C=O) groups is 2. The van der Waals surface area contributed by atoms with E-state index < -0.39 is 6.03 Å². The molecule has 2 fully saturated rings. The van der Waals surface area contributed by atoms with Gasteiger partial charge in [0.15, 0.2) is 4.34 Å². The molecule has 0 saturated heterocycles. The van der Waals surface area contributed by atoms with Crippen molar-refractivity contribution in [3.63, 3.8) is 0 Å². The fourth-order valence-corrected chi connectivity index (χ4v) is 4.38. The van der Waals surface area contributed by atoms with Crippen molar-refractivity contribution in [1.82, 2.24) is 20.8 Å². The van der Waals surface area contributed by atoms with Crippen LogP contribution < -0.4 is 16.0 Å². The topological polar surface area (TPSA) is 96.0 Å². The molecule has 0 aliphatic heterocycles. The molecule has 7 nitrogen and oxygen atoms in total. The van der Waals surface area contributed by atoms with Crippen molar-refractivity contribution in [2.75, 3.05) is 11.1 Å². The molecule has 2 aliphatic rings. The van der Waals surface area contributed by atoms with Crippen LogP contribution in [0, 0.1) is 5.92 Å². The van der Waals surface area contributed by atoms with Gasteiger partial charge in [0.05, 0.1) is 5.75 Å². The lowest BCUT2D eigenvalue weighted by molar-refractivity contribution is -0.117. The molecule has 1 aromatic heterocycles. The van der Waals surface area contributed by atoms with Crippen LogP contribution in [-0.2, 0) is 4.79 Å². The van der Waals surface area contributed by atoms with Crippen LogP contribution in [0.2, 0.25) is 0 Å². The van der Waals surface area contributed by atoms with Gasteiger partial charge in [-0.3, -0.25) is 10.1 Å². The molecule has 3 amide bonds. The monoisotopic (exact) mass is 369 g/mol. The number of thioether (sulfide) groups is 1. The van der Waals surface area contributed by atoms with Crippen LogP contribution in [0.15, 0.2) is 4.34 Å². The average Bonchev–Trinajstić information content (AvgIpc) is 3.24. The van der Waals surface area contributed by atoms with Gasteiger partial charge >= 0.3 is 6.03 Å². The Labute approximate surface area is 149 Å².